The second-order valence-electron chi connectivity index (χ2n) is 4.45. The van der Waals surface area contributed by atoms with Gasteiger partial charge in [0.05, 0.1) is 0 Å². The molecule has 0 aliphatic carbocycles. The first-order valence-electron chi connectivity index (χ1n) is 6.71. The van der Waals surface area contributed by atoms with Gasteiger partial charge >= 0.3 is 5.97 Å². The van der Waals surface area contributed by atoms with E-state index in [0.29, 0.717) is 6.61 Å². The van der Waals surface area contributed by atoms with Crippen LogP contribution in [0.25, 0.3) is 0 Å². The van der Waals surface area contributed by atoms with Gasteiger partial charge in [0.25, 0.3) is 0 Å². The molecule has 3 nitrogen and oxygen atoms in total. The second kappa shape index (κ2) is 8.70. The van der Waals surface area contributed by atoms with Crippen molar-refractivity contribution in [2.24, 2.45) is 0 Å². The maximum absolute atomic E-state index is 11.5. The van der Waals surface area contributed by atoms with Gasteiger partial charge < -0.3 is 10.1 Å². The van der Waals surface area contributed by atoms with Crippen molar-refractivity contribution in [2.45, 2.75) is 45.8 Å². The summed E-state index contributed by atoms with van der Waals surface area (Å²) in [5, 5.41) is 3.12. The number of esters is 1. The minimum absolute atomic E-state index is 0.0892. The zero-order chi connectivity index (χ0) is 13.2. The Kier molecular flexibility index (Phi) is 7.11. The van der Waals surface area contributed by atoms with E-state index in [1.165, 1.54) is 6.42 Å². The molecule has 1 unspecified atom stereocenters. The van der Waals surface area contributed by atoms with Crippen LogP contribution in [-0.4, -0.2) is 18.6 Å². The summed E-state index contributed by atoms with van der Waals surface area (Å²) in [6.07, 6.45) is 3.21. The van der Waals surface area contributed by atoms with E-state index in [9.17, 15) is 4.79 Å². The monoisotopic (exact) mass is 249 g/mol. The molecular formula is C15H23NO2. The van der Waals surface area contributed by atoms with E-state index in [4.69, 9.17) is 4.74 Å². The van der Waals surface area contributed by atoms with E-state index < -0.39 is 0 Å². The van der Waals surface area contributed by atoms with Crippen molar-refractivity contribution in [3.63, 3.8) is 0 Å². The SMILES string of the molecule is CCC.O=C(OCc1ccccc1)C1CCCN1. The van der Waals surface area contributed by atoms with Gasteiger partial charge in [-0.05, 0) is 24.9 Å². The predicted molar refractivity (Wildman–Crippen MR) is 73.2 cm³/mol. The zero-order valence-corrected chi connectivity index (χ0v) is 11.3. The fourth-order valence-corrected chi connectivity index (χ4v) is 1.72. The molecule has 2 rings (SSSR count). The summed E-state index contributed by atoms with van der Waals surface area (Å²) in [6, 6.07) is 9.65. The molecule has 1 fully saturated rings. The lowest BCUT2D eigenvalue weighted by molar-refractivity contribution is -0.147. The van der Waals surface area contributed by atoms with Crippen LogP contribution >= 0.6 is 0 Å². The summed E-state index contributed by atoms with van der Waals surface area (Å²) < 4.78 is 5.21. The van der Waals surface area contributed by atoms with Crippen molar-refractivity contribution in [1.82, 2.24) is 5.32 Å². The summed E-state index contributed by atoms with van der Waals surface area (Å²) in [5.74, 6) is -0.128. The summed E-state index contributed by atoms with van der Waals surface area (Å²) in [6.45, 7) is 5.54. The lowest BCUT2D eigenvalue weighted by Crippen LogP contribution is -2.32. The van der Waals surface area contributed by atoms with Gasteiger partial charge in [-0.25, -0.2) is 0 Å². The summed E-state index contributed by atoms with van der Waals surface area (Å²) in [4.78, 5) is 11.5. The molecule has 0 saturated carbocycles. The molecule has 3 heteroatoms. The van der Waals surface area contributed by atoms with E-state index in [0.717, 1.165) is 24.9 Å². The van der Waals surface area contributed by atoms with Crippen molar-refractivity contribution in [2.75, 3.05) is 6.54 Å². The Balaban J connectivity index is 0.000000492. The number of hydrogen-bond donors (Lipinski definition) is 1. The third-order valence-electron chi connectivity index (χ3n) is 2.57. The van der Waals surface area contributed by atoms with Crippen molar-refractivity contribution in [3.8, 4) is 0 Å². The second-order valence-corrected chi connectivity index (χ2v) is 4.45. The van der Waals surface area contributed by atoms with Crippen LogP contribution in [0.1, 0.15) is 38.7 Å². The van der Waals surface area contributed by atoms with Gasteiger partial charge in [0.1, 0.15) is 12.6 Å². The van der Waals surface area contributed by atoms with Crippen molar-refractivity contribution < 1.29 is 9.53 Å². The summed E-state index contributed by atoms with van der Waals surface area (Å²) in [7, 11) is 0. The highest BCUT2D eigenvalue weighted by Gasteiger charge is 2.23. The molecule has 1 heterocycles. The largest absolute Gasteiger partial charge is 0.460 e. The molecule has 0 spiro atoms. The Morgan fingerprint density at radius 2 is 2.00 bits per heavy atom. The Morgan fingerprint density at radius 3 is 2.56 bits per heavy atom. The van der Waals surface area contributed by atoms with E-state index >= 15 is 0 Å². The quantitative estimate of drug-likeness (QED) is 0.837. The number of hydrogen-bond acceptors (Lipinski definition) is 3. The molecule has 1 aliphatic rings. The highest BCUT2D eigenvalue weighted by molar-refractivity contribution is 5.76. The van der Waals surface area contributed by atoms with Crippen LogP contribution in [0, 0.1) is 0 Å². The molecule has 1 aliphatic heterocycles. The first-order valence-corrected chi connectivity index (χ1v) is 6.71. The maximum atomic E-state index is 11.5. The molecule has 0 aromatic heterocycles. The van der Waals surface area contributed by atoms with E-state index in [1.807, 2.05) is 30.3 Å². The van der Waals surface area contributed by atoms with E-state index in [2.05, 4.69) is 19.2 Å². The Labute approximate surface area is 110 Å². The summed E-state index contributed by atoms with van der Waals surface area (Å²) in [5.41, 5.74) is 1.03. The molecule has 18 heavy (non-hydrogen) atoms. The number of rotatable bonds is 3. The summed E-state index contributed by atoms with van der Waals surface area (Å²) >= 11 is 0. The normalized spacial score (nSPS) is 17.8. The highest BCUT2D eigenvalue weighted by Crippen LogP contribution is 2.08. The average Bonchev–Trinajstić information content (AvgIpc) is 2.92. The van der Waals surface area contributed by atoms with Crippen LogP contribution in [-0.2, 0) is 16.1 Å². The van der Waals surface area contributed by atoms with Gasteiger partial charge in [-0.15, -0.1) is 0 Å². The van der Waals surface area contributed by atoms with Crippen LogP contribution in [0.4, 0.5) is 0 Å². The minimum Gasteiger partial charge on any atom is -0.460 e. The number of ether oxygens (including phenoxy) is 1. The van der Waals surface area contributed by atoms with Crippen LogP contribution in [0.5, 0.6) is 0 Å². The molecule has 1 aromatic rings. The van der Waals surface area contributed by atoms with Gasteiger partial charge in [0, 0.05) is 0 Å². The van der Waals surface area contributed by atoms with Gasteiger partial charge in [-0.2, -0.15) is 0 Å². The Bertz CT molecular complexity index is 332. The van der Waals surface area contributed by atoms with Gasteiger partial charge in [-0.1, -0.05) is 50.6 Å². The highest BCUT2D eigenvalue weighted by atomic mass is 16.5. The fraction of sp³-hybridized carbons (Fsp3) is 0.533. The number of nitrogens with one attached hydrogen (secondary N) is 1. The zero-order valence-electron chi connectivity index (χ0n) is 11.3. The molecule has 1 atom stereocenters. The fourth-order valence-electron chi connectivity index (χ4n) is 1.72. The van der Waals surface area contributed by atoms with E-state index in [1.54, 1.807) is 0 Å². The molecule has 1 aromatic carbocycles. The Morgan fingerprint density at radius 1 is 1.33 bits per heavy atom. The van der Waals surface area contributed by atoms with Crippen LogP contribution in [0.15, 0.2) is 30.3 Å². The lowest BCUT2D eigenvalue weighted by atomic mass is 10.2. The molecule has 100 valence electrons. The maximum Gasteiger partial charge on any atom is 0.323 e. The first kappa shape index (κ1) is 14.7. The van der Waals surface area contributed by atoms with Crippen LogP contribution in [0.3, 0.4) is 0 Å². The van der Waals surface area contributed by atoms with E-state index in [-0.39, 0.29) is 12.0 Å². The number of benzene rings is 1. The molecule has 0 amide bonds. The standard InChI is InChI=1S/C12H15NO2.C3H8/c14-12(11-7-4-8-13-11)15-9-10-5-2-1-3-6-10;1-3-2/h1-3,5-6,11,13H,4,7-9H2;3H2,1-2H3. The number of carbonyl (C=O) groups is 1. The van der Waals surface area contributed by atoms with Gasteiger partial charge in [0.15, 0.2) is 0 Å². The topological polar surface area (TPSA) is 38.3 Å². The minimum atomic E-state index is -0.128. The average molecular weight is 249 g/mol. The smallest absolute Gasteiger partial charge is 0.323 e. The molecule has 1 N–H and O–H groups in total. The van der Waals surface area contributed by atoms with Crippen molar-refractivity contribution in [3.05, 3.63) is 35.9 Å². The number of carbonyl (C=O) groups excluding carboxylic acids is 1. The lowest BCUT2D eigenvalue weighted by Gasteiger charge is -2.09. The molecule has 0 bridgehead atoms. The van der Waals surface area contributed by atoms with Gasteiger partial charge in [0.2, 0.25) is 0 Å². The third-order valence-corrected chi connectivity index (χ3v) is 2.57. The van der Waals surface area contributed by atoms with Crippen LogP contribution < -0.4 is 5.32 Å². The van der Waals surface area contributed by atoms with Crippen molar-refractivity contribution in [1.29, 1.82) is 0 Å². The third kappa shape index (κ3) is 5.32. The predicted octanol–water partition coefficient (Wildman–Crippen LogP) is 2.90. The Hall–Kier alpha value is -1.35. The van der Waals surface area contributed by atoms with Crippen molar-refractivity contribution >= 4 is 5.97 Å². The van der Waals surface area contributed by atoms with Crippen LogP contribution in [0.2, 0.25) is 0 Å². The molecule has 0 radical (unpaired) electrons. The molecule has 1 saturated heterocycles. The molecular weight excluding hydrogens is 226 g/mol. The van der Waals surface area contributed by atoms with Gasteiger partial charge in [-0.3, -0.25) is 4.79 Å². The first-order chi connectivity index (χ1) is 8.77.